The van der Waals surface area contributed by atoms with Crippen molar-refractivity contribution in [3.63, 3.8) is 0 Å². The minimum absolute atomic E-state index is 0.0799. The maximum atomic E-state index is 10.8. The fourth-order valence-electron chi connectivity index (χ4n) is 1.78. The molecule has 2 rings (SSSR count). The second-order valence-corrected chi connectivity index (χ2v) is 3.51. The van der Waals surface area contributed by atoms with Crippen LogP contribution < -0.4 is 0 Å². The number of aryl methyl sites for hydroxylation is 1. The number of hydrogen-bond acceptors (Lipinski definition) is 3. The smallest absolute Gasteiger partial charge is 0.309 e. The van der Waals surface area contributed by atoms with Gasteiger partial charge in [-0.15, -0.1) is 0 Å². The van der Waals surface area contributed by atoms with Crippen LogP contribution in [0, 0.1) is 0 Å². The first-order chi connectivity index (χ1) is 7.63. The van der Waals surface area contributed by atoms with E-state index in [1.807, 2.05) is 6.92 Å². The summed E-state index contributed by atoms with van der Waals surface area (Å²) in [5.74, 6) is -0.823. The Balaban J connectivity index is 2.68. The number of carboxylic acids is 1. The molecule has 5 nitrogen and oxygen atoms in total. The van der Waals surface area contributed by atoms with Crippen molar-refractivity contribution in [1.29, 1.82) is 0 Å². The predicted octanol–water partition coefficient (Wildman–Crippen LogP) is 1.39. The molecule has 0 saturated carbocycles. The third-order valence-electron chi connectivity index (χ3n) is 2.48. The highest BCUT2D eigenvalue weighted by atomic mass is 16.4. The van der Waals surface area contributed by atoms with Crippen molar-refractivity contribution in [3.05, 3.63) is 23.9 Å². The van der Waals surface area contributed by atoms with Crippen LogP contribution in [0.25, 0.3) is 10.9 Å². The fraction of sp³-hybridized carbons (Fsp3) is 0.273. The van der Waals surface area contributed by atoms with Crippen molar-refractivity contribution in [2.45, 2.75) is 19.9 Å². The quantitative estimate of drug-likeness (QED) is 0.819. The van der Waals surface area contributed by atoms with Crippen molar-refractivity contribution in [2.24, 2.45) is 0 Å². The first-order valence-corrected chi connectivity index (χ1v) is 5.02. The number of aromatic nitrogens is 2. The molecular weight excluding hydrogens is 208 g/mol. The van der Waals surface area contributed by atoms with E-state index in [2.05, 4.69) is 5.10 Å². The molecule has 84 valence electrons. The van der Waals surface area contributed by atoms with Gasteiger partial charge in [-0.05, 0) is 13.0 Å². The van der Waals surface area contributed by atoms with Gasteiger partial charge in [-0.3, -0.25) is 9.48 Å². The van der Waals surface area contributed by atoms with Crippen LogP contribution in [0.5, 0.6) is 5.75 Å². The summed E-state index contributed by atoms with van der Waals surface area (Å²) in [6, 6.07) is 5.00. The second kappa shape index (κ2) is 3.84. The highest BCUT2D eigenvalue weighted by Gasteiger charge is 2.15. The topological polar surface area (TPSA) is 75.3 Å². The van der Waals surface area contributed by atoms with Crippen molar-refractivity contribution >= 4 is 16.9 Å². The first kappa shape index (κ1) is 10.5. The maximum absolute atomic E-state index is 10.8. The average Bonchev–Trinajstić information content (AvgIpc) is 2.58. The molecule has 16 heavy (non-hydrogen) atoms. The lowest BCUT2D eigenvalue weighted by atomic mass is 10.1. The highest BCUT2D eigenvalue weighted by molar-refractivity contribution is 5.89. The summed E-state index contributed by atoms with van der Waals surface area (Å²) in [5.41, 5.74) is 1.08. The van der Waals surface area contributed by atoms with Crippen LogP contribution in [0.15, 0.2) is 18.2 Å². The molecular formula is C11H12N2O3. The zero-order valence-electron chi connectivity index (χ0n) is 8.84. The highest BCUT2D eigenvalue weighted by Crippen LogP contribution is 2.26. The molecule has 0 bridgehead atoms. The third-order valence-corrected chi connectivity index (χ3v) is 2.48. The Labute approximate surface area is 91.9 Å². The molecule has 5 heteroatoms. The number of benzene rings is 1. The lowest BCUT2D eigenvalue weighted by Gasteiger charge is -2.01. The first-order valence-electron chi connectivity index (χ1n) is 5.02. The van der Waals surface area contributed by atoms with Crippen molar-refractivity contribution in [1.82, 2.24) is 9.78 Å². The number of fused-ring (bicyclic) bond motifs is 1. The van der Waals surface area contributed by atoms with Crippen LogP contribution >= 0.6 is 0 Å². The minimum Gasteiger partial charge on any atom is -0.506 e. The SMILES string of the molecule is CCn1nc2c(O)cccc2c1CC(=O)O. The standard InChI is InChI=1S/C11H12N2O3/c1-2-13-8(6-10(15)16)7-4-3-5-9(14)11(7)12-13/h3-5,14H,2,6H2,1H3,(H,15,16). The normalized spacial score (nSPS) is 10.8. The third kappa shape index (κ3) is 1.60. The van der Waals surface area contributed by atoms with Gasteiger partial charge in [0.2, 0.25) is 0 Å². The number of aromatic hydroxyl groups is 1. The lowest BCUT2D eigenvalue weighted by molar-refractivity contribution is -0.136. The van der Waals surface area contributed by atoms with Crippen LogP contribution in [0.2, 0.25) is 0 Å². The number of rotatable bonds is 3. The largest absolute Gasteiger partial charge is 0.506 e. The summed E-state index contributed by atoms with van der Waals surface area (Å²) < 4.78 is 1.61. The van der Waals surface area contributed by atoms with Crippen LogP contribution in [0.4, 0.5) is 0 Å². The molecule has 0 spiro atoms. The summed E-state index contributed by atoms with van der Waals surface area (Å²) in [6.07, 6.45) is -0.0895. The molecule has 0 atom stereocenters. The summed E-state index contributed by atoms with van der Waals surface area (Å²) >= 11 is 0. The number of carbonyl (C=O) groups is 1. The number of aliphatic carboxylic acids is 1. The average molecular weight is 220 g/mol. The molecule has 2 aromatic rings. The van der Waals surface area contributed by atoms with Gasteiger partial charge < -0.3 is 10.2 Å². The van der Waals surface area contributed by atoms with Gasteiger partial charge in [0.15, 0.2) is 0 Å². The summed E-state index contributed by atoms with van der Waals surface area (Å²) in [6.45, 7) is 2.46. The Hall–Kier alpha value is -2.04. The fourth-order valence-corrected chi connectivity index (χ4v) is 1.78. The zero-order chi connectivity index (χ0) is 11.7. The Kier molecular flexibility index (Phi) is 2.52. The molecule has 0 radical (unpaired) electrons. The number of hydrogen-bond donors (Lipinski definition) is 2. The van der Waals surface area contributed by atoms with Crippen LogP contribution in [0.1, 0.15) is 12.6 Å². The zero-order valence-corrected chi connectivity index (χ0v) is 8.84. The van der Waals surface area contributed by atoms with Gasteiger partial charge in [0.25, 0.3) is 0 Å². The summed E-state index contributed by atoms with van der Waals surface area (Å²) in [7, 11) is 0. The maximum Gasteiger partial charge on any atom is 0.309 e. The van der Waals surface area contributed by atoms with Gasteiger partial charge in [0, 0.05) is 11.9 Å². The summed E-state index contributed by atoms with van der Waals surface area (Å²) in [5, 5.41) is 23.3. The minimum atomic E-state index is -0.903. The van der Waals surface area contributed by atoms with E-state index in [1.54, 1.807) is 22.9 Å². The Morgan fingerprint density at radius 3 is 2.88 bits per heavy atom. The monoisotopic (exact) mass is 220 g/mol. The predicted molar refractivity (Wildman–Crippen MR) is 58.4 cm³/mol. The number of phenolic OH excluding ortho intramolecular Hbond substituents is 1. The molecule has 1 heterocycles. The van der Waals surface area contributed by atoms with E-state index in [4.69, 9.17) is 5.11 Å². The van der Waals surface area contributed by atoms with Gasteiger partial charge in [-0.2, -0.15) is 5.10 Å². The van der Waals surface area contributed by atoms with Crippen molar-refractivity contribution < 1.29 is 15.0 Å². The van der Waals surface area contributed by atoms with Crippen molar-refractivity contribution in [2.75, 3.05) is 0 Å². The van der Waals surface area contributed by atoms with E-state index in [9.17, 15) is 9.90 Å². The van der Waals surface area contributed by atoms with Crippen molar-refractivity contribution in [3.8, 4) is 5.75 Å². The Bertz CT molecular complexity index is 545. The number of carboxylic acid groups (broad SMARTS) is 1. The lowest BCUT2D eigenvalue weighted by Crippen LogP contribution is -2.08. The van der Waals surface area contributed by atoms with E-state index < -0.39 is 5.97 Å². The number of phenols is 1. The van der Waals surface area contributed by atoms with E-state index >= 15 is 0 Å². The van der Waals surface area contributed by atoms with Crippen LogP contribution in [-0.2, 0) is 17.8 Å². The van der Waals surface area contributed by atoms with Gasteiger partial charge in [0.05, 0.1) is 12.1 Å². The van der Waals surface area contributed by atoms with E-state index in [0.717, 1.165) is 0 Å². The Morgan fingerprint density at radius 2 is 2.25 bits per heavy atom. The molecule has 0 aliphatic rings. The van der Waals surface area contributed by atoms with Gasteiger partial charge >= 0.3 is 5.97 Å². The Morgan fingerprint density at radius 1 is 1.50 bits per heavy atom. The van der Waals surface area contributed by atoms with Gasteiger partial charge in [-0.1, -0.05) is 12.1 Å². The molecule has 2 N–H and O–H groups in total. The van der Waals surface area contributed by atoms with E-state index in [1.165, 1.54) is 0 Å². The molecule has 0 saturated heterocycles. The molecule has 0 unspecified atom stereocenters. The molecule has 0 amide bonds. The summed E-state index contributed by atoms with van der Waals surface area (Å²) in [4.78, 5) is 10.8. The van der Waals surface area contributed by atoms with E-state index in [-0.39, 0.29) is 12.2 Å². The molecule has 0 fully saturated rings. The van der Waals surface area contributed by atoms with Gasteiger partial charge in [-0.25, -0.2) is 0 Å². The molecule has 0 aliphatic carbocycles. The molecule has 1 aromatic carbocycles. The molecule has 0 aliphatic heterocycles. The molecule has 1 aromatic heterocycles. The van der Waals surface area contributed by atoms with E-state index in [0.29, 0.717) is 23.1 Å². The van der Waals surface area contributed by atoms with Crippen LogP contribution in [-0.4, -0.2) is 26.0 Å². The van der Waals surface area contributed by atoms with Gasteiger partial charge in [0.1, 0.15) is 11.3 Å². The number of nitrogens with zero attached hydrogens (tertiary/aromatic N) is 2. The second-order valence-electron chi connectivity index (χ2n) is 3.51. The van der Waals surface area contributed by atoms with Crippen LogP contribution in [0.3, 0.4) is 0 Å².